The molecule has 2 aliphatic heterocycles. The van der Waals surface area contributed by atoms with E-state index in [1.165, 1.54) is 0 Å². The summed E-state index contributed by atoms with van der Waals surface area (Å²) in [5.41, 5.74) is 1.78. The topological polar surface area (TPSA) is 209 Å². The highest BCUT2D eigenvalue weighted by molar-refractivity contribution is 6.31. The zero-order valence-electron chi connectivity index (χ0n) is 42.5. The number of nitriles is 1. The van der Waals surface area contributed by atoms with Crippen LogP contribution in [0.3, 0.4) is 0 Å². The third-order valence-corrected chi connectivity index (χ3v) is 15.1. The molecule has 384 valence electrons. The first-order chi connectivity index (χ1) is 34.6. The summed E-state index contributed by atoms with van der Waals surface area (Å²) in [6, 6.07) is 12.2. The van der Waals surface area contributed by atoms with Gasteiger partial charge in [0.05, 0.1) is 54.5 Å². The number of nitrogens with zero attached hydrogens (tertiary/aromatic N) is 8. The summed E-state index contributed by atoms with van der Waals surface area (Å²) in [6.07, 6.45) is 13.0. The Morgan fingerprint density at radius 3 is 2.32 bits per heavy atom. The van der Waals surface area contributed by atoms with Crippen molar-refractivity contribution < 1.29 is 33.3 Å². The second-order valence-corrected chi connectivity index (χ2v) is 20.7. The molecule has 3 N–H and O–H groups in total. The Morgan fingerprint density at radius 2 is 1.64 bits per heavy atom. The molecule has 1 unspecified atom stereocenters. The van der Waals surface area contributed by atoms with E-state index in [1.54, 1.807) is 74.0 Å². The van der Waals surface area contributed by atoms with E-state index in [4.69, 9.17) is 35.5 Å². The summed E-state index contributed by atoms with van der Waals surface area (Å²) >= 11 is 6.25. The number of ether oxygens (including phenoxy) is 4. The Bertz CT molecular complexity index is 2600. The van der Waals surface area contributed by atoms with Crippen LogP contribution in [0, 0.1) is 22.2 Å². The van der Waals surface area contributed by atoms with Crippen LogP contribution in [0.5, 0.6) is 11.5 Å². The molecular weight excluding hydrogens is 938 g/mol. The number of unbranched alkanes of at least 4 members (excludes halogenated alkanes) is 1. The van der Waals surface area contributed by atoms with Gasteiger partial charge in [0.2, 0.25) is 17.8 Å². The lowest BCUT2D eigenvalue weighted by Crippen LogP contribution is -2.74. The average molecular weight is 1010 g/mol. The van der Waals surface area contributed by atoms with E-state index in [9.17, 15) is 19.6 Å². The minimum Gasteiger partial charge on any atom is -0.495 e. The van der Waals surface area contributed by atoms with Crippen molar-refractivity contribution in [1.29, 1.82) is 5.26 Å². The first kappa shape index (κ1) is 52.0. The molecule has 18 nitrogen and oxygen atoms in total. The number of likely N-dealkylation sites (N-methyl/N-ethyl adjacent to an activating group) is 1. The van der Waals surface area contributed by atoms with Gasteiger partial charge in [0.15, 0.2) is 5.82 Å². The van der Waals surface area contributed by atoms with Crippen molar-refractivity contribution in [2.75, 3.05) is 73.6 Å². The van der Waals surface area contributed by atoms with Crippen molar-refractivity contribution >= 4 is 58.4 Å². The fourth-order valence-corrected chi connectivity index (χ4v) is 11.4. The maximum absolute atomic E-state index is 13.4. The van der Waals surface area contributed by atoms with E-state index in [2.05, 4.69) is 74.5 Å². The van der Waals surface area contributed by atoms with Crippen molar-refractivity contribution in [2.45, 2.75) is 123 Å². The van der Waals surface area contributed by atoms with Gasteiger partial charge >= 0.3 is 0 Å². The van der Waals surface area contributed by atoms with Crippen LogP contribution in [0.4, 0.5) is 29.1 Å². The van der Waals surface area contributed by atoms with Gasteiger partial charge in [0.25, 0.3) is 11.8 Å². The van der Waals surface area contributed by atoms with Gasteiger partial charge in [-0.1, -0.05) is 59.1 Å². The number of piperidine rings is 1. The molecule has 19 heteroatoms. The lowest BCUT2D eigenvalue weighted by Gasteiger charge is -2.63. The summed E-state index contributed by atoms with van der Waals surface area (Å²) in [6.45, 7) is 13.8. The maximum atomic E-state index is 13.4. The molecule has 2 aliphatic carbocycles. The van der Waals surface area contributed by atoms with Gasteiger partial charge in [-0.05, 0) is 75.3 Å². The minimum atomic E-state index is -0.394. The smallest absolute Gasteiger partial charge is 0.254 e. The lowest BCUT2D eigenvalue weighted by molar-refractivity contribution is -0.164. The molecule has 2 aromatic heterocycles. The number of carbonyl (C=O) groups excluding carboxylic acids is 3. The second kappa shape index (κ2) is 22.6. The van der Waals surface area contributed by atoms with Crippen molar-refractivity contribution in [2.24, 2.45) is 10.8 Å². The van der Waals surface area contributed by atoms with Gasteiger partial charge in [0.1, 0.15) is 35.4 Å². The van der Waals surface area contributed by atoms with Gasteiger partial charge in [-0.15, -0.1) is 0 Å². The first-order valence-corrected chi connectivity index (χ1v) is 25.6. The van der Waals surface area contributed by atoms with Gasteiger partial charge < -0.3 is 49.6 Å². The molecule has 4 heterocycles. The highest BCUT2D eigenvalue weighted by Gasteiger charge is 2.64. The van der Waals surface area contributed by atoms with Crippen LogP contribution in [-0.4, -0.2) is 122 Å². The lowest BCUT2D eigenvalue weighted by atomic mass is 9.49. The Morgan fingerprint density at radius 1 is 0.903 bits per heavy atom. The van der Waals surface area contributed by atoms with Crippen molar-refractivity contribution in [3.05, 3.63) is 76.7 Å². The van der Waals surface area contributed by atoms with Crippen LogP contribution >= 0.6 is 11.6 Å². The summed E-state index contributed by atoms with van der Waals surface area (Å²) in [4.78, 5) is 64.4. The minimum absolute atomic E-state index is 0.0651. The second-order valence-electron chi connectivity index (χ2n) is 20.3. The number of amides is 3. The molecule has 3 fully saturated rings. The largest absolute Gasteiger partial charge is 0.495 e. The molecule has 72 heavy (non-hydrogen) atoms. The number of aromatic nitrogens is 4. The number of nitrogens with one attached hydrogen (secondary N) is 3. The molecule has 3 amide bonds. The molecule has 4 aromatic rings. The molecule has 2 aromatic carbocycles. The van der Waals surface area contributed by atoms with Crippen LogP contribution < -0.4 is 40.1 Å². The Kier molecular flexibility index (Phi) is 16.4. The summed E-state index contributed by atoms with van der Waals surface area (Å²) in [5, 5.41) is 19.0. The number of halogens is 1. The molecular formula is C53H68ClN11O7. The Labute approximate surface area is 427 Å². The number of rotatable bonds is 20. The predicted octanol–water partition coefficient (Wildman–Crippen LogP) is 7.87. The standard InChI is InChI=1S/C53H68ClN11O7/c1-8-41-47(68)63(6)42-32-57-50(61-44(42)65(41)36-13-9-10-14-36)60-40-18-16-33(27-43(40)69-7)45(66)56-21-11-12-24-70-25-26-71-37-19-22-64(23-20-37)51-58-30-35(31-59-51)46(67)62-48-52(2,3)49(53(48,4)5)72-38-17-15-34(29-55)39(54)28-38/h15-18,27-28,30-32,36-37,41,48-49H,8-14,19-26H2,1-7H3,(H,56,66)(H,62,67)(H,57,60,61). The highest BCUT2D eigenvalue weighted by Crippen LogP contribution is 2.55. The van der Waals surface area contributed by atoms with Crippen molar-refractivity contribution in [1.82, 2.24) is 30.6 Å². The van der Waals surface area contributed by atoms with E-state index in [0.29, 0.717) is 89.3 Å². The molecule has 0 spiro atoms. The average Bonchev–Trinajstić information content (AvgIpc) is 3.92. The van der Waals surface area contributed by atoms with Crippen molar-refractivity contribution in [3.8, 4) is 17.6 Å². The zero-order valence-corrected chi connectivity index (χ0v) is 43.3. The monoisotopic (exact) mass is 1010 g/mol. The fourth-order valence-electron chi connectivity index (χ4n) is 11.1. The van der Waals surface area contributed by atoms with E-state index < -0.39 is 10.8 Å². The van der Waals surface area contributed by atoms with Gasteiger partial charge in [-0.25, -0.2) is 15.0 Å². The number of methoxy groups -OCH3 is 1. The molecule has 0 bridgehead atoms. The zero-order chi connectivity index (χ0) is 51.2. The molecule has 1 saturated heterocycles. The number of anilines is 5. The number of hydrogen-bond acceptors (Lipinski definition) is 15. The van der Waals surface area contributed by atoms with Gasteiger partial charge in [-0.2, -0.15) is 10.2 Å². The first-order valence-electron chi connectivity index (χ1n) is 25.2. The molecule has 0 radical (unpaired) electrons. The third kappa shape index (κ3) is 11.2. The quantitative estimate of drug-likeness (QED) is 0.0720. The van der Waals surface area contributed by atoms with E-state index in [0.717, 1.165) is 70.3 Å². The molecule has 2 saturated carbocycles. The highest BCUT2D eigenvalue weighted by atomic mass is 35.5. The number of carbonyl (C=O) groups is 3. The SMILES string of the molecule is CCC1C(=O)N(C)c2cnc(Nc3ccc(C(=O)NCCCCOCCOC4CCN(c5ncc(C(=O)NC6C(C)(C)C(Oc7ccc(C#N)c(Cl)c7)C6(C)C)cn5)CC4)cc3OC)nc2N1C1CCCC1. The van der Waals surface area contributed by atoms with Crippen LogP contribution in [0.25, 0.3) is 0 Å². The van der Waals surface area contributed by atoms with Crippen LogP contribution in [0.1, 0.15) is 119 Å². The number of benzene rings is 2. The normalized spacial score (nSPS) is 20.6. The summed E-state index contributed by atoms with van der Waals surface area (Å²) in [7, 11) is 3.34. The molecule has 1 atom stereocenters. The van der Waals surface area contributed by atoms with Crippen LogP contribution in [0.15, 0.2) is 55.0 Å². The van der Waals surface area contributed by atoms with Gasteiger partial charge in [0, 0.05) is 80.2 Å². The van der Waals surface area contributed by atoms with Crippen molar-refractivity contribution in [3.63, 3.8) is 0 Å². The number of fused-ring (bicyclic) bond motifs is 1. The summed E-state index contributed by atoms with van der Waals surface area (Å²) in [5.74, 6) is 2.40. The third-order valence-electron chi connectivity index (χ3n) is 14.8. The van der Waals surface area contributed by atoms with Crippen LogP contribution in [0.2, 0.25) is 5.02 Å². The number of hydrogen-bond donors (Lipinski definition) is 3. The fraction of sp³-hybridized carbons (Fsp3) is 0.547. The Balaban J connectivity index is 0.701. The Hall–Kier alpha value is -6.29. The molecule has 8 rings (SSSR count). The predicted molar refractivity (Wildman–Crippen MR) is 276 cm³/mol. The summed E-state index contributed by atoms with van der Waals surface area (Å²) < 4.78 is 24.0. The van der Waals surface area contributed by atoms with E-state index in [-0.39, 0.29) is 48.1 Å². The molecule has 4 aliphatic rings. The van der Waals surface area contributed by atoms with E-state index in [1.807, 2.05) is 6.92 Å². The van der Waals surface area contributed by atoms with Gasteiger partial charge in [-0.3, -0.25) is 14.4 Å². The maximum Gasteiger partial charge on any atom is 0.254 e. The van der Waals surface area contributed by atoms with Crippen LogP contribution in [-0.2, 0) is 14.3 Å². The van der Waals surface area contributed by atoms with E-state index >= 15 is 0 Å².